The first-order valence-electron chi connectivity index (χ1n) is 6.67. The number of benzene rings is 1. The number of esters is 1. The molecule has 104 valence electrons. The number of hydrogen-bond acceptors (Lipinski definition) is 5. The Kier molecular flexibility index (Phi) is 2.82. The van der Waals surface area contributed by atoms with Gasteiger partial charge in [-0.3, -0.25) is 0 Å². The Morgan fingerprint density at radius 2 is 2.25 bits per heavy atom. The molecule has 0 spiro atoms. The molecule has 2 heterocycles. The van der Waals surface area contributed by atoms with Crippen LogP contribution in [0.15, 0.2) is 18.2 Å². The molecule has 3 rings (SSSR count). The van der Waals surface area contributed by atoms with Gasteiger partial charge < -0.3 is 14.4 Å². The van der Waals surface area contributed by atoms with Gasteiger partial charge in [0.25, 0.3) is 0 Å². The first kappa shape index (κ1) is 12.8. The number of carbonyl (C=O) groups is 1. The van der Waals surface area contributed by atoms with E-state index in [0.29, 0.717) is 30.9 Å². The molecule has 2 aliphatic rings. The van der Waals surface area contributed by atoms with Gasteiger partial charge in [-0.25, -0.2) is 4.79 Å². The predicted octanol–water partition coefficient (Wildman–Crippen LogP) is 1.85. The molecule has 0 amide bonds. The number of cyclic esters (lactones) is 1. The number of nitriles is 1. The first-order chi connectivity index (χ1) is 9.50. The van der Waals surface area contributed by atoms with Gasteiger partial charge in [-0.15, -0.1) is 0 Å². The van der Waals surface area contributed by atoms with Crippen LogP contribution < -0.4 is 9.64 Å². The van der Waals surface area contributed by atoms with Crippen LogP contribution in [-0.4, -0.2) is 30.8 Å². The summed E-state index contributed by atoms with van der Waals surface area (Å²) in [7, 11) is 0. The third-order valence-electron chi connectivity index (χ3n) is 3.62. The van der Waals surface area contributed by atoms with Crippen molar-refractivity contribution in [1.82, 2.24) is 0 Å². The van der Waals surface area contributed by atoms with E-state index in [9.17, 15) is 4.79 Å². The van der Waals surface area contributed by atoms with Crippen LogP contribution in [0.4, 0.5) is 5.69 Å². The van der Waals surface area contributed by atoms with Crippen molar-refractivity contribution in [3.05, 3.63) is 23.8 Å². The molecule has 0 aliphatic carbocycles. The second-order valence-corrected chi connectivity index (χ2v) is 5.76. The lowest BCUT2D eigenvalue weighted by atomic mass is 10.0. The van der Waals surface area contributed by atoms with Crippen molar-refractivity contribution in [2.45, 2.75) is 31.9 Å². The summed E-state index contributed by atoms with van der Waals surface area (Å²) in [6.07, 6.45) is 0.672. The van der Waals surface area contributed by atoms with Crippen molar-refractivity contribution in [2.24, 2.45) is 0 Å². The van der Waals surface area contributed by atoms with Crippen molar-refractivity contribution < 1.29 is 14.3 Å². The van der Waals surface area contributed by atoms with Gasteiger partial charge in [0.05, 0.1) is 30.5 Å². The molecule has 1 aromatic rings. The molecule has 20 heavy (non-hydrogen) atoms. The molecular weight excluding hydrogens is 256 g/mol. The van der Waals surface area contributed by atoms with Gasteiger partial charge in [0.1, 0.15) is 17.4 Å². The third-order valence-corrected chi connectivity index (χ3v) is 3.62. The molecule has 5 nitrogen and oxygen atoms in total. The van der Waals surface area contributed by atoms with Crippen molar-refractivity contribution >= 4 is 11.7 Å². The Hall–Kier alpha value is -2.22. The Labute approximate surface area is 117 Å². The molecule has 0 radical (unpaired) electrons. The smallest absolute Gasteiger partial charge is 0.328 e. The number of anilines is 1. The lowest BCUT2D eigenvalue weighted by Gasteiger charge is -2.42. The Morgan fingerprint density at radius 3 is 2.90 bits per heavy atom. The highest BCUT2D eigenvalue weighted by molar-refractivity contribution is 5.83. The number of carbonyl (C=O) groups excluding carboxylic acids is 1. The summed E-state index contributed by atoms with van der Waals surface area (Å²) in [6.45, 7) is 5.02. The molecule has 1 fully saturated rings. The van der Waals surface area contributed by atoms with Crippen LogP contribution in [-0.2, 0) is 9.53 Å². The standard InChI is InChI=1S/C15H16N2O3/c1-15(2)9-17(11-5-6-19-14(11)18)12-7-10(8-16)3-4-13(12)20-15/h3-4,7,11H,5-6,9H2,1-2H3. The van der Waals surface area contributed by atoms with Crippen LogP contribution in [0.25, 0.3) is 0 Å². The summed E-state index contributed by atoms with van der Waals surface area (Å²) in [4.78, 5) is 13.9. The van der Waals surface area contributed by atoms with Crippen molar-refractivity contribution in [3.8, 4) is 11.8 Å². The second kappa shape index (κ2) is 4.41. The van der Waals surface area contributed by atoms with Gasteiger partial charge >= 0.3 is 5.97 Å². The topological polar surface area (TPSA) is 62.6 Å². The number of fused-ring (bicyclic) bond motifs is 1. The number of nitrogens with zero attached hydrogens (tertiary/aromatic N) is 2. The SMILES string of the molecule is CC1(C)CN(C2CCOC2=O)c2cc(C#N)ccc2O1. The van der Waals surface area contributed by atoms with Crippen molar-refractivity contribution in [2.75, 3.05) is 18.1 Å². The normalized spacial score (nSPS) is 23.6. The highest BCUT2D eigenvalue weighted by Crippen LogP contribution is 2.39. The van der Waals surface area contributed by atoms with Crippen molar-refractivity contribution in [3.63, 3.8) is 0 Å². The predicted molar refractivity (Wildman–Crippen MR) is 72.6 cm³/mol. The van der Waals surface area contributed by atoms with Gasteiger partial charge in [-0.2, -0.15) is 5.26 Å². The van der Waals surface area contributed by atoms with Gasteiger partial charge in [0, 0.05) is 6.42 Å². The molecule has 0 aromatic heterocycles. The van der Waals surface area contributed by atoms with Crippen LogP contribution in [0.1, 0.15) is 25.8 Å². The van der Waals surface area contributed by atoms with E-state index in [0.717, 1.165) is 5.69 Å². The summed E-state index contributed by atoms with van der Waals surface area (Å²) in [5.41, 5.74) is 0.972. The summed E-state index contributed by atoms with van der Waals surface area (Å²) in [6, 6.07) is 7.13. The summed E-state index contributed by atoms with van der Waals surface area (Å²) in [5, 5.41) is 9.04. The Balaban J connectivity index is 2.06. The fourth-order valence-electron chi connectivity index (χ4n) is 2.77. The second-order valence-electron chi connectivity index (χ2n) is 5.76. The van der Waals surface area contributed by atoms with E-state index >= 15 is 0 Å². The fourth-order valence-corrected chi connectivity index (χ4v) is 2.77. The minimum absolute atomic E-state index is 0.198. The van der Waals surface area contributed by atoms with Crippen LogP contribution in [0.3, 0.4) is 0 Å². The van der Waals surface area contributed by atoms with Crippen LogP contribution >= 0.6 is 0 Å². The largest absolute Gasteiger partial charge is 0.484 e. The average Bonchev–Trinajstić information content (AvgIpc) is 2.82. The van der Waals surface area contributed by atoms with Gasteiger partial charge in [-0.05, 0) is 32.0 Å². The number of ether oxygens (including phenoxy) is 2. The minimum atomic E-state index is -0.385. The minimum Gasteiger partial charge on any atom is -0.484 e. The van der Waals surface area contributed by atoms with Gasteiger partial charge in [0.15, 0.2) is 0 Å². The molecule has 5 heteroatoms. The van der Waals surface area contributed by atoms with Gasteiger partial charge in [-0.1, -0.05) is 0 Å². The molecule has 1 atom stereocenters. The van der Waals surface area contributed by atoms with E-state index in [1.54, 1.807) is 18.2 Å². The summed E-state index contributed by atoms with van der Waals surface area (Å²) < 4.78 is 11.0. The zero-order valence-corrected chi connectivity index (χ0v) is 11.5. The fraction of sp³-hybridized carbons (Fsp3) is 0.467. The molecule has 1 unspecified atom stereocenters. The van der Waals surface area contributed by atoms with Crippen LogP contribution in [0.5, 0.6) is 5.75 Å². The maximum Gasteiger partial charge on any atom is 0.328 e. The number of rotatable bonds is 1. The van der Waals surface area contributed by atoms with Crippen LogP contribution in [0.2, 0.25) is 0 Å². The monoisotopic (exact) mass is 272 g/mol. The lowest BCUT2D eigenvalue weighted by molar-refractivity contribution is -0.139. The lowest BCUT2D eigenvalue weighted by Crippen LogP contribution is -2.52. The molecule has 0 saturated carbocycles. The molecule has 0 bridgehead atoms. The Bertz CT molecular complexity index is 604. The van der Waals surface area contributed by atoms with E-state index in [1.807, 2.05) is 18.7 Å². The molecule has 1 saturated heterocycles. The van der Waals surface area contributed by atoms with E-state index in [4.69, 9.17) is 14.7 Å². The van der Waals surface area contributed by atoms with E-state index < -0.39 is 0 Å². The third kappa shape index (κ3) is 2.07. The maximum atomic E-state index is 11.9. The quantitative estimate of drug-likeness (QED) is 0.730. The highest BCUT2D eigenvalue weighted by atomic mass is 16.5. The molecule has 0 N–H and O–H groups in total. The zero-order chi connectivity index (χ0) is 14.3. The molecule has 2 aliphatic heterocycles. The maximum absolute atomic E-state index is 11.9. The van der Waals surface area contributed by atoms with E-state index in [1.165, 1.54) is 0 Å². The first-order valence-corrected chi connectivity index (χ1v) is 6.67. The zero-order valence-electron chi connectivity index (χ0n) is 11.5. The molecule has 1 aromatic carbocycles. The number of hydrogen-bond donors (Lipinski definition) is 0. The average molecular weight is 272 g/mol. The van der Waals surface area contributed by atoms with Crippen LogP contribution in [0, 0.1) is 11.3 Å². The summed E-state index contributed by atoms with van der Waals surface area (Å²) in [5.74, 6) is 0.510. The Morgan fingerprint density at radius 1 is 1.45 bits per heavy atom. The van der Waals surface area contributed by atoms with E-state index in [2.05, 4.69) is 6.07 Å². The van der Waals surface area contributed by atoms with E-state index in [-0.39, 0.29) is 17.6 Å². The van der Waals surface area contributed by atoms with Gasteiger partial charge in [0.2, 0.25) is 0 Å². The highest BCUT2D eigenvalue weighted by Gasteiger charge is 2.40. The summed E-state index contributed by atoms with van der Waals surface area (Å²) >= 11 is 0. The molecular formula is C15H16N2O3. The van der Waals surface area contributed by atoms with Crippen molar-refractivity contribution in [1.29, 1.82) is 5.26 Å².